The zero-order chi connectivity index (χ0) is 23.7. The van der Waals surface area contributed by atoms with Crippen LogP contribution < -0.4 is 0 Å². The van der Waals surface area contributed by atoms with Crippen molar-refractivity contribution >= 4 is 7.75 Å². The van der Waals surface area contributed by atoms with E-state index in [0.717, 1.165) is 70.6 Å². The second-order valence-corrected chi connectivity index (χ2v) is 11.6. The van der Waals surface area contributed by atoms with E-state index >= 15 is 0 Å². The highest BCUT2D eigenvalue weighted by Crippen LogP contribution is 2.41. The van der Waals surface area contributed by atoms with Crippen LogP contribution in [0.15, 0.2) is 0 Å². The first-order valence-electron chi connectivity index (χ1n) is 12.7. The van der Waals surface area contributed by atoms with E-state index in [2.05, 4.69) is 41.5 Å². The Morgan fingerprint density at radius 1 is 0.645 bits per heavy atom. The van der Waals surface area contributed by atoms with Gasteiger partial charge in [-0.2, -0.15) is 0 Å². The fourth-order valence-electron chi connectivity index (χ4n) is 3.54. The van der Waals surface area contributed by atoms with Gasteiger partial charge in [0.05, 0.1) is 12.7 Å². The molecule has 0 amide bonds. The van der Waals surface area contributed by atoms with E-state index in [-0.39, 0.29) is 12.7 Å². The van der Waals surface area contributed by atoms with Crippen molar-refractivity contribution in [2.24, 2.45) is 17.8 Å². The molecule has 2 N–H and O–H groups in total. The molecule has 188 valence electrons. The molecule has 0 rings (SSSR count). The van der Waals surface area contributed by atoms with Crippen molar-refractivity contribution in [2.75, 3.05) is 6.61 Å². The summed E-state index contributed by atoms with van der Waals surface area (Å²) in [5.74, 6) is 2.05. The predicted molar refractivity (Wildman–Crippen MR) is 129 cm³/mol. The number of unbranched alkanes of at least 4 members (excludes halogenated alkanes) is 5. The third kappa shape index (κ3) is 20.4. The fraction of sp³-hybridized carbons (Fsp3) is 1.00. The van der Waals surface area contributed by atoms with Gasteiger partial charge in [0.1, 0.15) is 0 Å². The second-order valence-electron chi connectivity index (χ2n) is 10.3. The molecule has 1 atom stereocenters. The SMILES string of the molecule is CC(C)CCCCCON(OC(CCCCCC(C)C)CCCCC(C)C)P(=O)(O)O. The maximum absolute atomic E-state index is 11.9. The van der Waals surface area contributed by atoms with E-state index in [1.807, 2.05) is 0 Å². The molecule has 0 spiro atoms. The van der Waals surface area contributed by atoms with Crippen molar-refractivity contribution in [3.8, 4) is 0 Å². The van der Waals surface area contributed by atoms with Crippen molar-refractivity contribution in [1.29, 1.82) is 0 Å². The molecule has 0 aromatic carbocycles. The van der Waals surface area contributed by atoms with Crippen molar-refractivity contribution in [1.82, 2.24) is 5.00 Å². The molecule has 6 nitrogen and oxygen atoms in total. The van der Waals surface area contributed by atoms with Gasteiger partial charge >= 0.3 is 7.75 Å². The summed E-state index contributed by atoms with van der Waals surface area (Å²) in [6.45, 7) is 13.6. The molecular formula is C24H52NO5P. The molecule has 31 heavy (non-hydrogen) atoms. The maximum atomic E-state index is 11.9. The molecule has 0 aliphatic carbocycles. The number of nitrogens with zero attached hydrogens (tertiary/aromatic N) is 1. The highest BCUT2D eigenvalue weighted by atomic mass is 31.2. The summed E-state index contributed by atoms with van der Waals surface area (Å²) < 4.78 is 11.9. The first-order valence-corrected chi connectivity index (χ1v) is 14.2. The Morgan fingerprint density at radius 2 is 1.03 bits per heavy atom. The van der Waals surface area contributed by atoms with Crippen LogP contribution in [0.25, 0.3) is 0 Å². The Bertz CT molecular complexity index is 453. The van der Waals surface area contributed by atoms with Gasteiger partial charge in [-0.25, -0.2) is 4.57 Å². The third-order valence-corrected chi connectivity index (χ3v) is 6.08. The van der Waals surface area contributed by atoms with E-state index in [9.17, 15) is 14.4 Å². The van der Waals surface area contributed by atoms with Crippen LogP contribution >= 0.6 is 7.75 Å². The van der Waals surface area contributed by atoms with Crippen molar-refractivity contribution in [3.63, 3.8) is 0 Å². The predicted octanol–water partition coefficient (Wildman–Crippen LogP) is 7.65. The minimum absolute atomic E-state index is 0.222. The lowest BCUT2D eigenvalue weighted by molar-refractivity contribution is -0.336. The van der Waals surface area contributed by atoms with Gasteiger partial charge in [-0.05, 0) is 37.0 Å². The number of hydrogen-bond acceptors (Lipinski definition) is 3. The summed E-state index contributed by atoms with van der Waals surface area (Å²) in [6.07, 6.45) is 13.2. The highest BCUT2D eigenvalue weighted by molar-refractivity contribution is 7.48. The minimum atomic E-state index is -4.62. The summed E-state index contributed by atoms with van der Waals surface area (Å²) in [6, 6.07) is 0. The highest BCUT2D eigenvalue weighted by Gasteiger charge is 2.31. The second kappa shape index (κ2) is 18.5. The molecule has 0 radical (unpaired) electrons. The van der Waals surface area contributed by atoms with Crippen molar-refractivity contribution in [2.45, 2.75) is 131 Å². The monoisotopic (exact) mass is 465 g/mol. The van der Waals surface area contributed by atoms with E-state index in [4.69, 9.17) is 9.68 Å². The van der Waals surface area contributed by atoms with E-state index in [0.29, 0.717) is 22.8 Å². The van der Waals surface area contributed by atoms with Crippen LogP contribution in [0.5, 0.6) is 0 Å². The molecular weight excluding hydrogens is 413 g/mol. The average molecular weight is 466 g/mol. The smallest absolute Gasteiger partial charge is 0.310 e. The fourth-order valence-corrected chi connectivity index (χ4v) is 4.03. The molecule has 1 unspecified atom stereocenters. The molecule has 7 heteroatoms. The molecule has 0 fully saturated rings. The lowest BCUT2D eigenvalue weighted by atomic mass is 10.00. The molecule has 0 aliphatic rings. The molecule has 0 saturated carbocycles. The zero-order valence-electron chi connectivity index (χ0n) is 21.2. The molecule has 0 aromatic rings. The van der Waals surface area contributed by atoms with Crippen molar-refractivity contribution < 1.29 is 24.0 Å². The number of rotatable bonds is 21. The summed E-state index contributed by atoms with van der Waals surface area (Å²) in [7, 11) is -4.62. The summed E-state index contributed by atoms with van der Waals surface area (Å²) in [4.78, 5) is 31.0. The Balaban J connectivity index is 4.59. The number of hydrogen-bond donors (Lipinski definition) is 2. The Morgan fingerprint density at radius 3 is 1.48 bits per heavy atom. The van der Waals surface area contributed by atoms with Crippen LogP contribution in [0.1, 0.15) is 125 Å². The molecule has 0 aliphatic heterocycles. The van der Waals surface area contributed by atoms with Gasteiger partial charge in [-0.1, -0.05) is 106 Å². The largest absolute Gasteiger partial charge is 0.450 e. The van der Waals surface area contributed by atoms with Gasteiger partial charge in [0.15, 0.2) is 0 Å². The topological polar surface area (TPSA) is 79.2 Å². The van der Waals surface area contributed by atoms with Gasteiger partial charge in [0, 0.05) is 5.00 Å². The first kappa shape index (κ1) is 31.0. The minimum Gasteiger partial charge on any atom is -0.310 e. The van der Waals surface area contributed by atoms with Crippen LogP contribution in [0, 0.1) is 17.8 Å². The van der Waals surface area contributed by atoms with Gasteiger partial charge in [-0.15, -0.1) is 0 Å². The van der Waals surface area contributed by atoms with Crippen LogP contribution in [0.2, 0.25) is 0 Å². The third-order valence-electron chi connectivity index (χ3n) is 5.44. The first-order chi connectivity index (χ1) is 14.5. The zero-order valence-corrected chi connectivity index (χ0v) is 22.1. The Labute approximate surface area is 192 Å². The van der Waals surface area contributed by atoms with E-state index in [1.165, 1.54) is 12.8 Å². The Kier molecular flexibility index (Phi) is 18.5. The summed E-state index contributed by atoms with van der Waals surface area (Å²) >= 11 is 0. The van der Waals surface area contributed by atoms with Gasteiger partial charge in [-0.3, -0.25) is 9.68 Å². The average Bonchev–Trinajstić information content (AvgIpc) is 2.64. The molecule has 0 bridgehead atoms. The quantitative estimate of drug-likeness (QED) is 0.103. The van der Waals surface area contributed by atoms with E-state index < -0.39 is 7.75 Å². The molecule has 0 saturated heterocycles. The summed E-state index contributed by atoms with van der Waals surface area (Å²) in [5.41, 5.74) is 0. The van der Waals surface area contributed by atoms with Gasteiger partial charge in [0.2, 0.25) is 0 Å². The lowest BCUT2D eigenvalue weighted by Gasteiger charge is -2.26. The van der Waals surface area contributed by atoms with Crippen LogP contribution in [-0.4, -0.2) is 27.5 Å². The van der Waals surface area contributed by atoms with Gasteiger partial charge in [0.25, 0.3) is 0 Å². The van der Waals surface area contributed by atoms with Gasteiger partial charge < -0.3 is 9.79 Å². The summed E-state index contributed by atoms with van der Waals surface area (Å²) in [5, 5.41) is 0. The van der Waals surface area contributed by atoms with Crippen LogP contribution in [0.3, 0.4) is 0 Å². The Hall–Kier alpha value is 0.0300. The normalized spacial score (nSPS) is 13.8. The van der Waals surface area contributed by atoms with Crippen LogP contribution in [-0.2, 0) is 14.2 Å². The van der Waals surface area contributed by atoms with E-state index in [1.54, 1.807) is 0 Å². The lowest BCUT2D eigenvalue weighted by Crippen LogP contribution is -2.28. The van der Waals surface area contributed by atoms with Crippen molar-refractivity contribution in [3.05, 3.63) is 0 Å². The molecule has 0 heterocycles. The standard InChI is InChI=1S/C24H52NO5P/c1-21(2)15-9-7-11-18-24(19-13-12-17-23(5)6)30-25(31(26,27)28)29-20-14-8-10-16-22(3)4/h21-24H,7-20H2,1-6H3,(H2,26,27,28). The maximum Gasteiger partial charge on any atom is 0.450 e. The van der Waals surface area contributed by atoms with Crippen LogP contribution in [0.4, 0.5) is 0 Å². The molecule has 0 aromatic heterocycles.